The summed E-state index contributed by atoms with van der Waals surface area (Å²) >= 11 is 0. The number of nitriles is 1. The lowest BCUT2D eigenvalue weighted by atomic mass is 10.1. The van der Waals surface area contributed by atoms with Gasteiger partial charge in [-0.25, -0.2) is 0 Å². The molecular weight excluding hydrogens is 410 g/mol. The molecule has 0 saturated carbocycles. The van der Waals surface area contributed by atoms with E-state index >= 15 is 0 Å². The van der Waals surface area contributed by atoms with Crippen LogP contribution in [0, 0.1) is 11.3 Å². The van der Waals surface area contributed by atoms with E-state index in [9.17, 15) is 10.1 Å². The maximum atomic E-state index is 10.8. The highest BCUT2D eigenvalue weighted by molar-refractivity contribution is 5.93. The predicted octanol–water partition coefficient (Wildman–Crippen LogP) is 4.28. The molecule has 0 aliphatic rings. The zero-order valence-electron chi connectivity index (χ0n) is 17.6. The van der Waals surface area contributed by atoms with E-state index in [4.69, 9.17) is 14.4 Å². The predicted molar refractivity (Wildman–Crippen MR) is 116 cm³/mol. The fourth-order valence-corrected chi connectivity index (χ4v) is 3.41. The zero-order chi connectivity index (χ0) is 22.7. The first kappa shape index (κ1) is 21.1. The van der Waals surface area contributed by atoms with Crippen molar-refractivity contribution in [3.8, 4) is 34.7 Å². The minimum atomic E-state index is -0.829. The molecule has 162 valence electrons. The van der Waals surface area contributed by atoms with E-state index in [0.29, 0.717) is 41.6 Å². The summed E-state index contributed by atoms with van der Waals surface area (Å²) in [6, 6.07) is 13.0. The molecule has 32 heavy (non-hydrogen) atoms. The molecule has 1 N–H and O–H groups in total. The number of aryl methyl sites for hydroxylation is 1. The number of hydrogen-bond acceptors (Lipinski definition) is 7. The Bertz CT molecular complexity index is 1320. The molecule has 4 aromatic rings. The van der Waals surface area contributed by atoms with Crippen LogP contribution in [0.25, 0.3) is 33.7 Å². The molecule has 2 aromatic heterocycles. The SMILES string of the molecule is CC(C)Oc1ccc(-c2nc(-c3cccc4c3cnn4CCCC(=O)O)no2)cc1C#N. The fraction of sp³-hybridized carbons (Fsp3) is 0.261. The first-order chi connectivity index (χ1) is 15.5. The van der Waals surface area contributed by atoms with E-state index in [2.05, 4.69) is 21.3 Å². The minimum Gasteiger partial charge on any atom is -0.490 e. The van der Waals surface area contributed by atoms with E-state index in [1.165, 1.54) is 0 Å². The lowest BCUT2D eigenvalue weighted by molar-refractivity contribution is -0.137. The van der Waals surface area contributed by atoms with E-state index in [-0.39, 0.29) is 12.5 Å². The summed E-state index contributed by atoms with van der Waals surface area (Å²) in [4.78, 5) is 15.3. The second-order valence-corrected chi connectivity index (χ2v) is 7.52. The number of rotatable bonds is 8. The van der Waals surface area contributed by atoms with Gasteiger partial charge in [-0.05, 0) is 44.5 Å². The van der Waals surface area contributed by atoms with Crippen molar-refractivity contribution in [3.05, 3.63) is 48.2 Å². The molecular formula is C23H21N5O4. The highest BCUT2D eigenvalue weighted by Crippen LogP contribution is 2.30. The highest BCUT2D eigenvalue weighted by Gasteiger charge is 2.17. The number of ether oxygens (including phenoxy) is 1. The van der Waals surface area contributed by atoms with Crippen LogP contribution in [0.4, 0.5) is 0 Å². The van der Waals surface area contributed by atoms with Crippen LogP contribution in [-0.2, 0) is 11.3 Å². The van der Waals surface area contributed by atoms with Crippen molar-refractivity contribution in [3.63, 3.8) is 0 Å². The van der Waals surface area contributed by atoms with Crippen molar-refractivity contribution in [1.82, 2.24) is 19.9 Å². The third-order valence-electron chi connectivity index (χ3n) is 4.82. The number of benzene rings is 2. The smallest absolute Gasteiger partial charge is 0.303 e. The fourth-order valence-electron chi connectivity index (χ4n) is 3.41. The molecule has 0 atom stereocenters. The molecule has 0 amide bonds. The maximum absolute atomic E-state index is 10.8. The van der Waals surface area contributed by atoms with Gasteiger partial charge in [-0.15, -0.1) is 0 Å². The van der Waals surface area contributed by atoms with Gasteiger partial charge in [0, 0.05) is 29.5 Å². The van der Waals surface area contributed by atoms with Crippen molar-refractivity contribution in [2.75, 3.05) is 0 Å². The normalized spacial score (nSPS) is 11.1. The van der Waals surface area contributed by atoms with Gasteiger partial charge in [-0.2, -0.15) is 15.3 Å². The number of carboxylic acids is 1. The Hall–Kier alpha value is -4.19. The Kier molecular flexibility index (Phi) is 5.85. The van der Waals surface area contributed by atoms with Gasteiger partial charge in [0.15, 0.2) is 0 Å². The molecule has 4 rings (SSSR count). The summed E-state index contributed by atoms with van der Waals surface area (Å²) in [5, 5.41) is 27.7. The van der Waals surface area contributed by atoms with Crippen LogP contribution in [-0.4, -0.2) is 37.1 Å². The Labute approximate surface area is 183 Å². The number of carbonyl (C=O) groups is 1. The van der Waals surface area contributed by atoms with Crippen LogP contribution in [0.15, 0.2) is 47.1 Å². The minimum absolute atomic E-state index is 0.0477. The van der Waals surface area contributed by atoms with E-state index < -0.39 is 5.97 Å². The van der Waals surface area contributed by atoms with Gasteiger partial charge in [0.05, 0.1) is 23.4 Å². The maximum Gasteiger partial charge on any atom is 0.303 e. The average Bonchev–Trinajstić information content (AvgIpc) is 3.41. The van der Waals surface area contributed by atoms with Crippen LogP contribution in [0.5, 0.6) is 5.75 Å². The number of aliphatic carboxylic acids is 1. The number of aromatic nitrogens is 4. The van der Waals surface area contributed by atoms with Crippen molar-refractivity contribution >= 4 is 16.9 Å². The summed E-state index contributed by atoms with van der Waals surface area (Å²) in [6.45, 7) is 4.29. The van der Waals surface area contributed by atoms with Crippen LogP contribution in [0.3, 0.4) is 0 Å². The largest absolute Gasteiger partial charge is 0.490 e. The van der Waals surface area contributed by atoms with Gasteiger partial charge in [-0.3, -0.25) is 9.48 Å². The number of nitrogens with zero attached hydrogens (tertiary/aromatic N) is 5. The van der Waals surface area contributed by atoms with E-state index in [0.717, 1.165) is 16.5 Å². The molecule has 0 spiro atoms. The first-order valence-electron chi connectivity index (χ1n) is 10.2. The Morgan fingerprint density at radius 3 is 2.91 bits per heavy atom. The van der Waals surface area contributed by atoms with Gasteiger partial charge in [0.25, 0.3) is 5.89 Å². The van der Waals surface area contributed by atoms with Crippen LogP contribution >= 0.6 is 0 Å². The topological polar surface area (TPSA) is 127 Å². The Morgan fingerprint density at radius 1 is 1.31 bits per heavy atom. The zero-order valence-corrected chi connectivity index (χ0v) is 17.6. The molecule has 9 heteroatoms. The summed E-state index contributed by atoms with van der Waals surface area (Å²) < 4.78 is 12.9. The van der Waals surface area contributed by atoms with Crippen molar-refractivity contribution < 1.29 is 19.2 Å². The molecule has 0 fully saturated rings. The van der Waals surface area contributed by atoms with Crippen LogP contribution in [0.1, 0.15) is 32.3 Å². The van der Waals surface area contributed by atoms with Crippen LogP contribution in [0.2, 0.25) is 0 Å². The summed E-state index contributed by atoms with van der Waals surface area (Å²) in [5.41, 5.74) is 2.62. The van der Waals surface area contributed by atoms with Gasteiger partial charge in [0.1, 0.15) is 11.8 Å². The van der Waals surface area contributed by atoms with E-state index in [1.54, 1.807) is 29.1 Å². The quantitative estimate of drug-likeness (QED) is 0.438. The molecule has 0 saturated heterocycles. The lowest BCUT2D eigenvalue weighted by Crippen LogP contribution is -2.06. The Morgan fingerprint density at radius 2 is 2.16 bits per heavy atom. The van der Waals surface area contributed by atoms with Crippen molar-refractivity contribution in [2.45, 2.75) is 39.3 Å². The number of hydrogen-bond donors (Lipinski definition) is 1. The monoisotopic (exact) mass is 431 g/mol. The average molecular weight is 431 g/mol. The standard InChI is InChI=1S/C23H21N5O4/c1-14(2)31-20-9-8-15(11-16(20)12-24)23-26-22(27-32-23)17-5-3-6-19-18(17)13-25-28(19)10-4-7-21(29)30/h3,5-6,8-9,11,13-14H,4,7,10H2,1-2H3,(H,29,30). The van der Waals surface area contributed by atoms with Crippen molar-refractivity contribution in [2.24, 2.45) is 0 Å². The highest BCUT2D eigenvalue weighted by atomic mass is 16.5. The summed E-state index contributed by atoms with van der Waals surface area (Å²) in [7, 11) is 0. The third kappa shape index (κ3) is 4.30. The van der Waals surface area contributed by atoms with Crippen LogP contribution < -0.4 is 4.74 Å². The molecule has 2 aromatic carbocycles. The molecule has 0 aliphatic carbocycles. The lowest BCUT2D eigenvalue weighted by Gasteiger charge is -2.11. The first-order valence-corrected chi connectivity index (χ1v) is 10.2. The molecule has 0 aliphatic heterocycles. The molecule has 9 nitrogen and oxygen atoms in total. The van der Waals surface area contributed by atoms with Gasteiger partial charge in [0.2, 0.25) is 5.82 Å². The summed E-state index contributed by atoms with van der Waals surface area (Å²) in [5.74, 6) is 0.367. The van der Waals surface area contributed by atoms with Crippen molar-refractivity contribution in [1.29, 1.82) is 5.26 Å². The summed E-state index contributed by atoms with van der Waals surface area (Å²) in [6.07, 6.45) is 2.24. The molecule has 0 radical (unpaired) electrons. The number of fused-ring (bicyclic) bond motifs is 1. The van der Waals surface area contributed by atoms with Gasteiger partial charge < -0.3 is 14.4 Å². The van der Waals surface area contributed by atoms with Gasteiger partial charge >= 0.3 is 5.97 Å². The third-order valence-corrected chi connectivity index (χ3v) is 4.82. The second-order valence-electron chi connectivity index (χ2n) is 7.52. The molecule has 0 bridgehead atoms. The van der Waals surface area contributed by atoms with Gasteiger partial charge in [-0.1, -0.05) is 17.3 Å². The van der Waals surface area contributed by atoms with E-state index in [1.807, 2.05) is 32.0 Å². The Balaban J connectivity index is 1.63. The second kappa shape index (κ2) is 8.89. The molecule has 2 heterocycles. The molecule has 0 unspecified atom stereocenters. The number of carboxylic acid groups (broad SMARTS) is 1.